The number of ether oxygens (including phenoxy) is 1. The van der Waals surface area contributed by atoms with Crippen molar-refractivity contribution in [1.82, 2.24) is 14.8 Å². The van der Waals surface area contributed by atoms with Crippen LogP contribution in [0.15, 0.2) is 41.0 Å². The predicted molar refractivity (Wildman–Crippen MR) is 84.7 cm³/mol. The van der Waals surface area contributed by atoms with Gasteiger partial charge in [-0.25, -0.2) is 14.5 Å². The Hall–Kier alpha value is -2.41. The Kier molecular flexibility index (Phi) is 3.81. The van der Waals surface area contributed by atoms with Gasteiger partial charge in [0.25, 0.3) is 0 Å². The van der Waals surface area contributed by atoms with Crippen LogP contribution in [0, 0.1) is 0 Å². The minimum absolute atomic E-state index is 0.0366. The quantitative estimate of drug-likeness (QED) is 0.771. The van der Waals surface area contributed by atoms with Crippen molar-refractivity contribution < 1.29 is 14.6 Å². The van der Waals surface area contributed by atoms with E-state index in [-0.39, 0.29) is 5.69 Å². The number of halogens is 1. The largest absolute Gasteiger partial charge is 0.478 e. The van der Waals surface area contributed by atoms with E-state index >= 15 is 0 Å². The molecular weight excluding hydrogens is 350 g/mol. The molecule has 0 atom stereocenters. The minimum Gasteiger partial charge on any atom is -0.478 e. The number of hydrogen-bond acceptors (Lipinski definition) is 4. The fraction of sp³-hybridized carbons (Fsp3) is 0.133. The van der Waals surface area contributed by atoms with E-state index in [1.165, 1.54) is 6.20 Å². The highest BCUT2D eigenvalue weighted by atomic mass is 79.9. The van der Waals surface area contributed by atoms with Gasteiger partial charge in [0.2, 0.25) is 5.88 Å². The van der Waals surface area contributed by atoms with Crippen LogP contribution in [-0.2, 0) is 0 Å². The van der Waals surface area contributed by atoms with Crippen LogP contribution < -0.4 is 4.74 Å². The SMILES string of the molecule is CCOc1cc2c(cn1)c(C(=O)O)nn2-c1cccc(Br)c1. The summed E-state index contributed by atoms with van der Waals surface area (Å²) in [6.45, 7) is 2.34. The van der Waals surface area contributed by atoms with Crippen molar-refractivity contribution in [3.05, 3.63) is 46.7 Å². The Morgan fingerprint density at radius 3 is 2.91 bits per heavy atom. The summed E-state index contributed by atoms with van der Waals surface area (Å²) in [4.78, 5) is 15.5. The topological polar surface area (TPSA) is 77.2 Å². The van der Waals surface area contributed by atoms with Crippen LogP contribution in [0.2, 0.25) is 0 Å². The summed E-state index contributed by atoms with van der Waals surface area (Å²) < 4.78 is 7.85. The number of carboxylic acid groups (broad SMARTS) is 1. The maximum absolute atomic E-state index is 11.4. The van der Waals surface area contributed by atoms with Gasteiger partial charge in [-0.05, 0) is 25.1 Å². The molecule has 0 unspecified atom stereocenters. The lowest BCUT2D eigenvalue weighted by molar-refractivity contribution is 0.0692. The van der Waals surface area contributed by atoms with Gasteiger partial charge in [0.15, 0.2) is 5.69 Å². The van der Waals surface area contributed by atoms with E-state index in [1.54, 1.807) is 10.7 Å². The lowest BCUT2D eigenvalue weighted by Crippen LogP contribution is -2.01. The van der Waals surface area contributed by atoms with Crippen LogP contribution in [0.3, 0.4) is 0 Å². The van der Waals surface area contributed by atoms with Gasteiger partial charge in [0.1, 0.15) is 0 Å². The first kappa shape index (κ1) is 14.5. The molecule has 2 heterocycles. The highest BCUT2D eigenvalue weighted by Gasteiger charge is 2.18. The molecular formula is C15H12BrN3O3. The van der Waals surface area contributed by atoms with E-state index in [2.05, 4.69) is 26.0 Å². The first-order chi connectivity index (χ1) is 10.6. The number of carboxylic acids is 1. The van der Waals surface area contributed by atoms with Crippen LogP contribution in [0.25, 0.3) is 16.6 Å². The van der Waals surface area contributed by atoms with Gasteiger partial charge in [-0.1, -0.05) is 22.0 Å². The lowest BCUT2D eigenvalue weighted by Gasteiger charge is -2.05. The molecule has 6 nitrogen and oxygen atoms in total. The molecule has 1 N–H and O–H groups in total. The first-order valence-corrected chi connectivity index (χ1v) is 7.40. The van der Waals surface area contributed by atoms with Gasteiger partial charge in [0, 0.05) is 16.7 Å². The highest BCUT2D eigenvalue weighted by Crippen LogP contribution is 2.26. The molecule has 2 aromatic heterocycles. The molecule has 3 aromatic rings. The van der Waals surface area contributed by atoms with Gasteiger partial charge in [-0.2, -0.15) is 5.10 Å². The Morgan fingerprint density at radius 2 is 2.23 bits per heavy atom. The van der Waals surface area contributed by atoms with E-state index in [4.69, 9.17) is 4.74 Å². The van der Waals surface area contributed by atoms with Crippen LogP contribution in [0.1, 0.15) is 17.4 Å². The molecule has 1 aromatic carbocycles. The molecule has 0 aliphatic heterocycles. The molecule has 0 saturated heterocycles. The van der Waals surface area contributed by atoms with E-state index in [9.17, 15) is 9.90 Å². The second-order valence-electron chi connectivity index (χ2n) is 4.52. The smallest absolute Gasteiger partial charge is 0.357 e. The Bertz CT molecular complexity index is 860. The molecule has 0 fully saturated rings. The van der Waals surface area contributed by atoms with Gasteiger partial charge in [-0.15, -0.1) is 0 Å². The third-order valence-corrected chi connectivity index (χ3v) is 3.58. The van der Waals surface area contributed by atoms with Crippen LogP contribution in [-0.4, -0.2) is 32.4 Å². The highest BCUT2D eigenvalue weighted by molar-refractivity contribution is 9.10. The molecule has 0 aliphatic carbocycles. The van der Waals surface area contributed by atoms with Gasteiger partial charge in [-0.3, -0.25) is 0 Å². The summed E-state index contributed by atoms with van der Waals surface area (Å²) in [5.74, 6) is -0.659. The van der Waals surface area contributed by atoms with Crippen LogP contribution in [0.5, 0.6) is 5.88 Å². The predicted octanol–water partition coefficient (Wildman–Crippen LogP) is 3.28. The summed E-state index contributed by atoms with van der Waals surface area (Å²) in [6.07, 6.45) is 1.48. The molecule has 7 heteroatoms. The maximum atomic E-state index is 11.4. The van der Waals surface area contributed by atoms with Crippen molar-refractivity contribution in [1.29, 1.82) is 0 Å². The summed E-state index contributed by atoms with van der Waals surface area (Å²) in [5, 5.41) is 14.0. The van der Waals surface area contributed by atoms with Crippen molar-refractivity contribution in [3.63, 3.8) is 0 Å². The first-order valence-electron chi connectivity index (χ1n) is 6.61. The monoisotopic (exact) mass is 361 g/mol. The molecule has 0 radical (unpaired) electrons. The zero-order chi connectivity index (χ0) is 15.7. The van der Waals surface area contributed by atoms with E-state index in [0.717, 1.165) is 10.2 Å². The molecule has 0 aliphatic rings. The molecule has 22 heavy (non-hydrogen) atoms. The maximum Gasteiger partial charge on any atom is 0.357 e. The number of nitrogens with zero attached hydrogens (tertiary/aromatic N) is 3. The average Bonchev–Trinajstić information content (AvgIpc) is 2.86. The number of benzene rings is 1. The molecule has 0 bridgehead atoms. The second-order valence-corrected chi connectivity index (χ2v) is 5.43. The van der Waals surface area contributed by atoms with E-state index in [0.29, 0.717) is 23.4 Å². The molecule has 3 rings (SSSR count). The zero-order valence-corrected chi connectivity index (χ0v) is 13.2. The standard InChI is InChI=1S/C15H12BrN3O3/c1-2-22-13-7-12-11(8-17-13)14(15(20)21)18-19(12)10-5-3-4-9(16)6-10/h3-8H,2H2,1H3,(H,20,21). The summed E-state index contributed by atoms with van der Waals surface area (Å²) >= 11 is 3.40. The van der Waals surface area contributed by atoms with E-state index < -0.39 is 5.97 Å². The third kappa shape index (κ3) is 2.55. The Balaban J connectivity index is 2.27. The molecule has 0 amide bonds. The van der Waals surface area contributed by atoms with E-state index in [1.807, 2.05) is 31.2 Å². The number of rotatable bonds is 4. The van der Waals surface area contributed by atoms with Crippen LogP contribution >= 0.6 is 15.9 Å². The van der Waals surface area contributed by atoms with Crippen molar-refractivity contribution in [3.8, 4) is 11.6 Å². The normalized spacial score (nSPS) is 10.8. The average molecular weight is 362 g/mol. The minimum atomic E-state index is -1.09. The van der Waals surface area contributed by atoms with Crippen molar-refractivity contribution >= 4 is 32.8 Å². The molecule has 0 saturated carbocycles. The third-order valence-electron chi connectivity index (χ3n) is 3.09. The second kappa shape index (κ2) is 5.76. The zero-order valence-electron chi connectivity index (χ0n) is 11.7. The van der Waals surface area contributed by atoms with Crippen molar-refractivity contribution in [2.45, 2.75) is 6.92 Å². The fourth-order valence-electron chi connectivity index (χ4n) is 2.18. The Morgan fingerprint density at radius 1 is 1.41 bits per heavy atom. The summed E-state index contributed by atoms with van der Waals surface area (Å²) in [7, 11) is 0. The van der Waals surface area contributed by atoms with Gasteiger partial charge in [0.05, 0.1) is 23.2 Å². The van der Waals surface area contributed by atoms with Gasteiger partial charge < -0.3 is 9.84 Å². The van der Waals surface area contributed by atoms with Crippen molar-refractivity contribution in [2.75, 3.05) is 6.61 Å². The number of aromatic carboxylic acids is 1. The number of hydrogen-bond donors (Lipinski definition) is 1. The summed E-state index contributed by atoms with van der Waals surface area (Å²) in [5.41, 5.74) is 1.35. The van der Waals surface area contributed by atoms with Crippen molar-refractivity contribution in [2.24, 2.45) is 0 Å². The summed E-state index contributed by atoms with van der Waals surface area (Å²) in [6, 6.07) is 9.15. The molecule has 0 spiro atoms. The number of fused-ring (bicyclic) bond motifs is 1. The number of aromatic nitrogens is 3. The number of pyridine rings is 1. The number of carbonyl (C=O) groups is 1. The molecule has 112 valence electrons. The fourth-order valence-corrected chi connectivity index (χ4v) is 2.57. The lowest BCUT2D eigenvalue weighted by atomic mass is 10.2. The van der Waals surface area contributed by atoms with Gasteiger partial charge >= 0.3 is 5.97 Å². The van der Waals surface area contributed by atoms with Crippen LogP contribution in [0.4, 0.5) is 0 Å². The Labute approximate surface area is 134 Å².